The molecule has 1 amide bonds. The van der Waals surface area contributed by atoms with Crippen LogP contribution in [0.15, 0.2) is 0 Å². The zero-order valence-corrected chi connectivity index (χ0v) is 10.7. The van der Waals surface area contributed by atoms with Crippen molar-refractivity contribution in [2.24, 2.45) is 5.73 Å². The molecule has 2 rings (SSSR count). The van der Waals surface area contributed by atoms with Gasteiger partial charge >= 0.3 is 0 Å². The Morgan fingerprint density at radius 1 is 1.35 bits per heavy atom. The Bertz CT molecular complexity index is 253. The van der Waals surface area contributed by atoms with Crippen LogP contribution >= 0.6 is 0 Å². The first-order valence-corrected chi connectivity index (χ1v) is 7.03. The van der Waals surface area contributed by atoms with E-state index in [9.17, 15) is 4.79 Å². The minimum atomic E-state index is 0.233. The average molecular weight is 239 g/mol. The standard InChI is InChI=1S/C13H25N3O/c14-8-1-3-12-4-2-9-16(12)10-7-13(17)15-11-5-6-11/h11-12H,1-10,14H2,(H,15,17). The second-order valence-electron chi connectivity index (χ2n) is 5.35. The summed E-state index contributed by atoms with van der Waals surface area (Å²) in [4.78, 5) is 14.1. The Hall–Kier alpha value is -0.610. The molecular weight excluding hydrogens is 214 g/mol. The molecule has 17 heavy (non-hydrogen) atoms. The van der Waals surface area contributed by atoms with Crippen molar-refractivity contribution in [3.63, 3.8) is 0 Å². The van der Waals surface area contributed by atoms with E-state index in [0.717, 1.165) is 26.1 Å². The van der Waals surface area contributed by atoms with Crippen molar-refractivity contribution in [2.45, 2.75) is 57.0 Å². The Kier molecular flexibility index (Phi) is 4.80. The monoisotopic (exact) mass is 239 g/mol. The third-order valence-electron chi connectivity index (χ3n) is 3.81. The number of likely N-dealkylation sites (tertiary alicyclic amines) is 1. The van der Waals surface area contributed by atoms with Crippen molar-refractivity contribution in [2.75, 3.05) is 19.6 Å². The molecule has 0 radical (unpaired) electrons. The Morgan fingerprint density at radius 2 is 2.18 bits per heavy atom. The molecule has 1 saturated carbocycles. The second-order valence-corrected chi connectivity index (χ2v) is 5.35. The normalized spacial score (nSPS) is 25.1. The van der Waals surface area contributed by atoms with Crippen molar-refractivity contribution in [3.05, 3.63) is 0 Å². The van der Waals surface area contributed by atoms with Crippen molar-refractivity contribution >= 4 is 5.91 Å². The summed E-state index contributed by atoms with van der Waals surface area (Å²) in [6.45, 7) is 2.87. The fourth-order valence-electron chi connectivity index (χ4n) is 2.64. The summed E-state index contributed by atoms with van der Waals surface area (Å²) < 4.78 is 0. The number of rotatable bonds is 7. The average Bonchev–Trinajstić information content (AvgIpc) is 3.01. The zero-order chi connectivity index (χ0) is 12.1. The summed E-state index contributed by atoms with van der Waals surface area (Å²) in [6, 6.07) is 1.17. The van der Waals surface area contributed by atoms with Crippen LogP contribution in [0.3, 0.4) is 0 Å². The van der Waals surface area contributed by atoms with Gasteiger partial charge in [-0.1, -0.05) is 0 Å². The molecule has 1 saturated heterocycles. The lowest BCUT2D eigenvalue weighted by Gasteiger charge is -2.24. The van der Waals surface area contributed by atoms with Gasteiger partial charge in [-0.05, 0) is 51.6 Å². The van der Waals surface area contributed by atoms with E-state index in [0.29, 0.717) is 18.5 Å². The van der Waals surface area contributed by atoms with E-state index in [-0.39, 0.29) is 5.91 Å². The smallest absolute Gasteiger partial charge is 0.221 e. The Morgan fingerprint density at radius 3 is 2.88 bits per heavy atom. The van der Waals surface area contributed by atoms with Crippen molar-refractivity contribution in [1.82, 2.24) is 10.2 Å². The van der Waals surface area contributed by atoms with Crippen LogP contribution < -0.4 is 11.1 Å². The van der Waals surface area contributed by atoms with Gasteiger partial charge in [0.05, 0.1) is 0 Å². The molecule has 1 atom stereocenters. The summed E-state index contributed by atoms with van der Waals surface area (Å²) >= 11 is 0. The van der Waals surface area contributed by atoms with Gasteiger partial charge in [0.25, 0.3) is 0 Å². The van der Waals surface area contributed by atoms with E-state index < -0.39 is 0 Å². The van der Waals surface area contributed by atoms with E-state index in [4.69, 9.17) is 5.73 Å². The van der Waals surface area contributed by atoms with Crippen LogP contribution in [0.1, 0.15) is 44.9 Å². The van der Waals surface area contributed by atoms with Crippen LogP contribution in [0, 0.1) is 0 Å². The highest BCUT2D eigenvalue weighted by Crippen LogP contribution is 2.22. The number of nitrogens with one attached hydrogen (secondary N) is 1. The summed E-state index contributed by atoms with van der Waals surface area (Å²) in [5, 5.41) is 3.05. The molecule has 4 nitrogen and oxygen atoms in total. The molecule has 1 heterocycles. The largest absolute Gasteiger partial charge is 0.353 e. The quantitative estimate of drug-likeness (QED) is 0.693. The van der Waals surface area contributed by atoms with Crippen molar-refractivity contribution < 1.29 is 4.79 Å². The van der Waals surface area contributed by atoms with Crippen LogP contribution in [0.2, 0.25) is 0 Å². The molecule has 0 bridgehead atoms. The Labute approximate surface area is 104 Å². The van der Waals surface area contributed by atoms with Gasteiger partial charge in [0.2, 0.25) is 5.91 Å². The maximum absolute atomic E-state index is 11.6. The highest BCUT2D eigenvalue weighted by Gasteiger charge is 2.26. The molecule has 1 aliphatic carbocycles. The predicted octanol–water partition coefficient (Wildman–Crippen LogP) is 0.858. The number of hydrogen-bond donors (Lipinski definition) is 2. The fourth-order valence-corrected chi connectivity index (χ4v) is 2.64. The lowest BCUT2D eigenvalue weighted by Crippen LogP contribution is -2.35. The summed E-state index contributed by atoms with van der Waals surface area (Å²) in [5.74, 6) is 0.233. The Balaban J connectivity index is 1.64. The zero-order valence-electron chi connectivity index (χ0n) is 10.7. The molecule has 0 spiro atoms. The summed E-state index contributed by atoms with van der Waals surface area (Å²) in [5.41, 5.74) is 5.55. The number of nitrogens with two attached hydrogens (primary N) is 1. The van der Waals surface area contributed by atoms with E-state index >= 15 is 0 Å². The summed E-state index contributed by atoms with van der Waals surface area (Å²) in [7, 11) is 0. The molecule has 2 fully saturated rings. The number of carbonyl (C=O) groups excluding carboxylic acids is 1. The topological polar surface area (TPSA) is 58.4 Å². The predicted molar refractivity (Wildman–Crippen MR) is 68.7 cm³/mol. The number of carbonyl (C=O) groups is 1. The van der Waals surface area contributed by atoms with Gasteiger partial charge in [0.1, 0.15) is 0 Å². The highest BCUT2D eigenvalue weighted by molar-refractivity contribution is 5.76. The van der Waals surface area contributed by atoms with Gasteiger partial charge in [-0.3, -0.25) is 9.69 Å². The molecule has 2 aliphatic rings. The fraction of sp³-hybridized carbons (Fsp3) is 0.923. The number of amides is 1. The number of hydrogen-bond acceptors (Lipinski definition) is 3. The molecule has 0 aromatic rings. The molecule has 4 heteroatoms. The molecule has 3 N–H and O–H groups in total. The van der Waals surface area contributed by atoms with Gasteiger partial charge in [0, 0.05) is 25.0 Å². The maximum atomic E-state index is 11.6. The van der Waals surface area contributed by atoms with Crippen LogP contribution in [0.25, 0.3) is 0 Å². The lowest BCUT2D eigenvalue weighted by molar-refractivity contribution is -0.121. The van der Waals surface area contributed by atoms with Crippen LogP contribution in [-0.4, -0.2) is 42.5 Å². The van der Waals surface area contributed by atoms with Crippen LogP contribution in [0.4, 0.5) is 0 Å². The molecule has 0 aromatic carbocycles. The first-order chi connectivity index (χ1) is 8.29. The molecule has 98 valence electrons. The first kappa shape index (κ1) is 12.8. The third kappa shape index (κ3) is 4.28. The van der Waals surface area contributed by atoms with E-state index in [1.807, 2.05) is 0 Å². The minimum Gasteiger partial charge on any atom is -0.353 e. The van der Waals surface area contributed by atoms with Gasteiger partial charge in [-0.2, -0.15) is 0 Å². The molecule has 1 aliphatic heterocycles. The third-order valence-corrected chi connectivity index (χ3v) is 3.81. The van der Waals surface area contributed by atoms with Gasteiger partial charge in [-0.25, -0.2) is 0 Å². The highest BCUT2D eigenvalue weighted by atomic mass is 16.1. The van der Waals surface area contributed by atoms with E-state index in [1.165, 1.54) is 32.1 Å². The molecule has 0 aromatic heterocycles. The number of nitrogens with zero attached hydrogens (tertiary/aromatic N) is 1. The van der Waals surface area contributed by atoms with Crippen molar-refractivity contribution in [3.8, 4) is 0 Å². The van der Waals surface area contributed by atoms with E-state index in [1.54, 1.807) is 0 Å². The van der Waals surface area contributed by atoms with Crippen molar-refractivity contribution in [1.29, 1.82) is 0 Å². The minimum absolute atomic E-state index is 0.233. The summed E-state index contributed by atoms with van der Waals surface area (Å²) in [6.07, 6.45) is 7.87. The first-order valence-electron chi connectivity index (χ1n) is 7.03. The van der Waals surface area contributed by atoms with Crippen LogP contribution in [0.5, 0.6) is 0 Å². The SMILES string of the molecule is NCCCC1CCCN1CCC(=O)NC1CC1. The van der Waals surface area contributed by atoms with Gasteiger partial charge in [0.15, 0.2) is 0 Å². The second kappa shape index (κ2) is 6.36. The maximum Gasteiger partial charge on any atom is 0.221 e. The van der Waals surface area contributed by atoms with Gasteiger partial charge in [-0.15, -0.1) is 0 Å². The molecule has 1 unspecified atom stereocenters. The van der Waals surface area contributed by atoms with Crippen LogP contribution in [-0.2, 0) is 4.79 Å². The molecular formula is C13H25N3O. The lowest BCUT2D eigenvalue weighted by atomic mass is 10.1. The van der Waals surface area contributed by atoms with E-state index in [2.05, 4.69) is 10.2 Å². The van der Waals surface area contributed by atoms with Gasteiger partial charge < -0.3 is 11.1 Å².